The summed E-state index contributed by atoms with van der Waals surface area (Å²) < 4.78 is 53.4. The number of hydrogen-bond acceptors (Lipinski definition) is 2. The second kappa shape index (κ2) is 5.21. The molecular weight excluding hydrogens is 263 g/mol. The van der Waals surface area contributed by atoms with Gasteiger partial charge in [0.05, 0.1) is 0 Å². The largest absolute Gasteiger partial charge is 0.446 e. The van der Waals surface area contributed by atoms with Gasteiger partial charge in [-0.15, -0.1) is 0 Å². The van der Waals surface area contributed by atoms with Gasteiger partial charge in [-0.05, 0) is 29.6 Å². The molecule has 0 heterocycles. The molecule has 0 fully saturated rings. The molecule has 0 aromatic heterocycles. The third-order valence-corrected chi connectivity index (χ3v) is 1.69. The number of carbonyl (C=O) groups is 1. The first kappa shape index (κ1) is 14.8. The summed E-state index contributed by atoms with van der Waals surface area (Å²) in [7, 11) is 0. The fourth-order valence-corrected chi connectivity index (χ4v) is 1.13. The monoisotopic (exact) mass is 270 g/mol. The molecule has 0 aliphatic rings. The van der Waals surface area contributed by atoms with Crippen LogP contribution < -0.4 is 0 Å². The number of rotatable bonds is 5. The Morgan fingerprint density at radius 3 is 1.93 bits per heavy atom. The van der Waals surface area contributed by atoms with Gasteiger partial charge in [0, 0.05) is 6.42 Å². The number of hydrogen-bond donors (Lipinski definition) is 0. The Kier molecular flexibility index (Phi) is 5.13. The highest BCUT2D eigenvalue weighted by Gasteiger charge is 2.56. The van der Waals surface area contributed by atoms with Crippen LogP contribution in [0.3, 0.4) is 0 Å². The maximum Gasteiger partial charge on any atom is 0.365 e. The van der Waals surface area contributed by atoms with Gasteiger partial charge < -0.3 is 4.74 Å². The molecule has 0 amide bonds. The zero-order valence-electron chi connectivity index (χ0n) is 7.58. The van der Waals surface area contributed by atoms with E-state index in [0.29, 0.717) is 0 Å². The zero-order chi connectivity index (χ0) is 12.3. The van der Waals surface area contributed by atoms with Crippen molar-refractivity contribution >= 4 is 29.2 Å². The van der Waals surface area contributed by atoms with E-state index in [0.717, 1.165) is 0 Å². The van der Waals surface area contributed by atoms with Gasteiger partial charge in [-0.1, -0.05) is 6.92 Å². The molecular formula is C7H8Cl2F4O2. The maximum absolute atomic E-state index is 12.4. The summed E-state index contributed by atoms with van der Waals surface area (Å²) in [5.74, 6) is -1.21. The summed E-state index contributed by atoms with van der Waals surface area (Å²) in [6.07, 6.45) is -3.17. The molecule has 0 rings (SSSR count). The van der Waals surface area contributed by atoms with Crippen molar-refractivity contribution < 1.29 is 27.1 Å². The summed E-state index contributed by atoms with van der Waals surface area (Å²) in [5, 5.41) is -8.84. The molecule has 0 aromatic carbocycles. The summed E-state index contributed by atoms with van der Waals surface area (Å²) in [6, 6.07) is 0. The van der Waals surface area contributed by atoms with Crippen molar-refractivity contribution in [2.24, 2.45) is 0 Å². The number of esters is 1. The number of carbonyl (C=O) groups excluding carboxylic acids is 1. The van der Waals surface area contributed by atoms with E-state index < -0.39 is 22.8 Å². The quantitative estimate of drug-likeness (QED) is 0.435. The van der Waals surface area contributed by atoms with Crippen molar-refractivity contribution in [3.05, 3.63) is 0 Å². The lowest BCUT2D eigenvalue weighted by molar-refractivity contribution is -0.187. The van der Waals surface area contributed by atoms with Crippen LogP contribution in [0.2, 0.25) is 0 Å². The first-order valence-corrected chi connectivity index (χ1v) is 4.67. The SMILES string of the molecule is CCCC(=O)OC(C(F)(F)Cl)C(F)(F)Cl. The molecule has 8 heteroatoms. The minimum absolute atomic E-state index is 0.267. The minimum atomic E-state index is -4.42. The maximum atomic E-state index is 12.4. The molecule has 2 nitrogen and oxygen atoms in total. The van der Waals surface area contributed by atoms with Crippen molar-refractivity contribution in [3.63, 3.8) is 0 Å². The van der Waals surface area contributed by atoms with Crippen molar-refractivity contribution in [2.75, 3.05) is 0 Å². The van der Waals surface area contributed by atoms with Gasteiger partial charge in [0.25, 0.3) is 6.10 Å². The van der Waals surface area contributed by atoms with Gasteiger partial charge >= 0.3 is 16.7 Å². The van der Waals surface area contributed by atoms with Crippen LogP contribution in [0, 0.1) is 0 Å². The Morgan fingerprint density at radius 1 is 1.27 bits per heavy atom. The summed E-state index contributed by atoms with van der Waals surface area (Å²) >= 11 is 8.71. The molecule has 0 N–H and O–H groups in total. The molecule has 0 saturated carbocycles. The predicted octanol–water partition coefficient (Wildman–Crippen LogP) is 3.36. The van der Waals surface area contributed by atoms with Crippen LogP contribution in [0.1, 0.15) is 19.8 Å². The third-order valence-electron chi connectivity index (χ3n) is 1.30. The third kappa shape index (κ3) is 5.41. The second-order valence-corrected chi connectivity index (χ2v) is 3.71. The van der Waals surface area contributed by atoms with E-state index in [9.17, 15) is 22.4 Å². The summed E-state index contributed by atoms with van der Waals surface area (Å²) in [4.78, 5) is 10.7. The van der Waals surface area contributed by atoms with Crippen molar-refractivity contribution in [2.45, 2.75) is 36.6 Å². The average Bonchev–Trinajstić information content (AvgIpc) is 1.96. The van der Waals surface area contributed by atoms with Crippen LogP contribution in [0.4, 0.5) is 17.6 Å². The zero-order valence-corrected chi connectivity index (χ0v) is 9.09. The van der Waals surface area contributed by atoms with E-state index in [1.807, 2.05) is 0 Å². The Hall–Kier alpha value is -0.230. The molecule has 0 unspecified atom stereocenters. The molecule has 0 aliphatic carbocycles. The van der Waals surface area contributed by atoms with Gasteiger partial charge in [0.2, 0.25) is 0 Å². The highest BCUT2D eigenvalue weighted by molar-refractivity contribution is 6.25. The smallest absolute Gasteiger partial charge is 0.365 e. The molecule has 90 valence electrons. The molecule has 0 aliphatic heterocycles. The Bertz CT molecular complexity index is 210. The topological polar surface area (TPSA) is 26.3 Å². The standard InChI is InChI=1S/C7H8Cl2F4O2/c1-2-3-4(14)15-5(6(8,10)11)7(9,12)13/h5H,2-3H2,1H3. The summed E-state index contributed by atoms with van der Waals surface area (Å²) in [6.45, 7) is 1.55. The predicted molar refractivity (Wildman–Crippen MR) is 46.4 cm³/mol. The van der Waals surface area contributed by atoms with E-state index in [2.05, 4.69) is 27.9 Å². The van der Waals surface area contributed by atoms with Crippen LogP contribution in [0.25, 0.3) is 0 Å². The lowest BCUT2D eigenvalue weighted by Crippen LogP contribution is -2.44. The van der Waals surface area contributed by atoms with E-state index in [4.69, 9.17) is 0 Å². The average molecular weight is 271 g/mol. The van der Waals surface area contributed by atoms with Crippen LogP contribution in [0.15, 0.2) is 0 Å². The van der Waals surface area contributed by atoms with E-state index in [1.165, 1.54) is 0 Å². The molecule has 0 radical (unpaired) electrons. The van der Waals surface area contributed by atoms with Gasteiger partial charge in [0.1, 0.15) is 0 Å². The highest BCUT2D eigenvalue weighted by atomic mass is 35.5. The van der Waals surface area contributed by atoms with Crippen molar-refractivity contribution in [1.82, 2.24) is 0 Å². The highest BCUT2D eigenvalue weighted by Crippen LogP contribution is 2.39. The Morgan fingerprint density at radius 2 is 1.67 bits per heavy atom. The first-order valence-electron chi connectivity index (χ1n) is 3.92. The fourth-order valence-electron chi connectivity index (χ4n) is 0.714. The van der Waals surface area contributed by atoms with Gasteiger partial charge in [-0.2, -0.15) is 17.6 Å². The van der Waals surface area contributed by atoms with E-state index >= 15 is 0 Å². The molecule has 0 bridgehead atoms. The fraction of sp³-hybridized carbons (Fsp3) is 0.857. The van der Waals surface area contributed by atoms with Crippen LogP contribution in [0.5, 0.6) is 0 Å². The summed E-state index contributed by atoms with van der Waals surface area (Å²) in [5.41, 5.74) is 0. The molecule has 0 saturated heterocycles. The molecule has 0 aromatic rings. The molecule has 0 spiro atoms. The number of halogens is 6. The van der Waals surface area contributed by atoms with Crippen molar-refractivity contribution in [3.8, 4) is 0 Å². The van der Waals surface area contributed by atoms with Crippen LogP contribution in [-0.2, 0) is 9.53 Å². The lowest BCUT2D eigenvalue weighted by Gasteiger charge is -2.24. The number of alkyl halides is 6. The van der Waals surface area contributed by atoms with E-state index in [1.54, 1.807) is 6.92 Å². The lowest BCUT2D eigenvalue weighted by atomic mass is 10.3. The Labute approximate surface area is 93.5 Å². The van der Waals surface area contributed by atoms with Crippen LogP contribution in [-0.4, -0.2) is 22.8 Å². The minimum Gasteiger partial charge on any atom is -0.446 e. The van der Waals surface area contributed by atoms with E-state index in [-0.39, 0.29) is 12.8 Å². The van der Waals surface area contributed by atoms with Crippen molar-refractivity contribution in [1.29, 1.82) is 0 Å². The molecule has 0 atom stereocenters. The molecule has 15 heavy (non-hydrogen) atoms. The normalized spacial score (nSPS) is 13.1. The van der Waals surface area contributed by atoms with Gasteiger partial charge in [0.15, 0.2) is 0 Å². The van der Waals surface area contributed by atoms with Crippen LogP contribution >= 0.6 is 23.2 Å². The number of ether oxygens (including phenoxy) is 1. The van der Waals surface area contributed by atoms with Gasteiger partial charge in [-0.25, -0.2) is 0 Å². The second-order valence-electron chi connectivity index (χ2n) is 2.70. The Balaban J connectivity index is 4.62. The van der Waals surface area contributed by atoms with Gasteiger partial charge in [-0.3, -0.25) is 4.79 Å². The first-order chi connectivity index (χ1) is 6.59.